The number of hydrogen-bond donors (Lipinski definition) is 2. The predicted molar refractivity (Wildman–Crippen MR) is 374 cm³/mol. The fraction of sp³-hybridized carbons (Fsp3) is 0.871. The van der Waals surface area contributed by atoms with Gasteiger partial charge in [-0.05, 0) is 325 Å². The topological polar surface area (TPSA) is 57.5 Å². The molecule has 9 saturated carbocycles. The van der Waals surface area contributed by atoms with Gasteiger partial charge in [0.05, 0.1) is 12.2 Å². The molecule has 0 bridgehead atoms. The molecule has 0 aromatic carbocycles. The molecule has 24 atom stereocenters. The van der Waals surface area contributed by atoms with Crippen molar-refractivity contribution >= 4 is 5.78 Å². The number of ketones is 1. The van der Waals surface area contributed by atoms with Gasteiger partial charge in [0.15, 0.2) is 5.78 Å². The van der Waals surface area contributed by atoms with E-state index in [2.05, 4.69) is 154 Å². The van der Waals surface area contributed by atoms with Crippen molar-refractivity contribution in [2.75, 3.05) is 0 Å². The minimum Gasteiger partial charge on any atom is -0.393 e. The first-order chi connectivity index (χ1) is 41.7. The summed E-state index contributed by atoms with van der Waals surface area (Å²) in [6.45, 7) is 42.1. The second kappa shape index (κ2) is 27.6. The molecule has 0 unspecified atom stereocenters. The molecule has 0 amide bonds. The number of allylic oxidation sites excluding steroid dienone is 7. The zero-order chi connectivity index (χ0) is 63.5. The van der Waals surface area contributed by atoms with Crippen LogP contribution in [0.4, 0.5) is 0 Å². The predicted octanol–water partition coefficient (Wildman–Crippen LogP) is 23.3. The standard InChI is InChI=1S/2C29H48O.C27H44O/c2*1-7-21(19(2)3)9-8-20(4)25-12-13-26-24-11-10-22-18-23(30)14-16-28(22,5)27(24)15-17-29(25,26)6;1-18(2)7-6-8-19(3)23-11-12-24-22-10-9-20-17-21(28)13-15-26(20,4)25(22)14-16-27(23,24)5/h8-10,19-21,23-27,30H,7,11-18H2,1-6H3;7,10,19-20,23-27,30H,8-9,11-18H2,1-6H3;17-19,22-25H,6-16H2,1-5H3/b9-8+;21-7+;/t20-,21-,23+,24+,25-,26+,27+,28+,29-;20-,23+,24+,25-,26+,27+,28+,29-;19-,22+,23-,24+,25+,26+,27-/m111/s1. The Morgan fingerprint density at radius 3 is 1.49 bits per heavy atom. The van der Waals surface area contributed by atoms with E-state index in [0.717, 1.165) is 139 Å². The number of fused-ring (bicyclic) bond motifs is 15. The molecule has 0 spiro atoms. The van der Waals surface area contributed by atoms with Crippen molar-refractivity contribution in [2.45, 2.75) is 323 Å². The van der Waals surface area contributed by atoms with E-state index in [1.807, 2.05) is 0 Å². The summed E-state index contributed by atoms with van der Waals surface area (Å²) in [5, 5.41) is 20.5. The molecular formula is C85H140O3. The van der Waals surface area contributed by atoms with Gasteiger partial charge >= 0.3 is 0 Å². The van der Waals surface area contributed by atoms with Crippen LogP contribution in [0.3, 0.4) is 0 Å². The first-order valence-electron chi connectivity index (χ1n) is 39.0. The minimum atomic E-state index is -0.0870. The van der Waals surface area contributed by atoms with Crippen LogP contribution in [0.25, 0.3) is 0 Å². The summed E-state index contributed by atoms with van der Waals surface area (Å²) in [7, 11) is 0. The fourth-order valence-corrected chi connectivity index (χ4v) is 26.4. The largest absolute Gasteiger partial charge is 0.393 e. The molecule has 88 heavy (non-hydrogen) atoms. The first kappa shape index (κ1) is 69.1. The van der Waals surface area contributed by atoms with Crippen molar-refractivity contribution in [3.05, 3.63) is 58.7 Å². The molecule has 12 aliphatic carbocycles. The van der Waals surface area contributed by atoms with Crippen molar-refractivity contribution in [1.29, 1.82) is 0 Å². The number of rotatable bonds is 15. The maximum absolute atomic E-state index is 12.0. The second-order valence-corrected chi connectivity index (χ2v) is 36.9. The van der Waals surface area contributed by atoms with E-state index in [9.17, 15) is 15.0 Å². The lowest BCUT2D eigenvalue weighted by molar-refractivity contribution is -0.117. The average Bonchev–Trinajstić information content (AvgIpc) is 1.36. The van der Waals surface area contributed by atoms with Gasteiger partial charge in [-0.25, -0.2) is 0 Å². The summed E-state index contributed by atoms with van der Waals surface area (Å²) < 4.78 is 0. The summed E-state index contributed by atoms with van der Waals surface area (Å²) in [6.07, 6.45) is 53.5. The van der Waals surface area contributed by atoms with Crippen molar-refractivity contribution in [3.8, 4) is 0 Å². The molecule has 0 aromatic rings. The van der Waals surface area contributed by atoms with Crippen molar-refractivity contribution in [3.63, 3.8) is 0 Å². The number of aliphatic hydroxyl groups excluding tert-OH is 2. The SMILES string of the molecule is C/C=C(\CC[C@@H](C)[C@H]1CC[C@H]2[C@@H]3CC=C4C[C@@H](O)CC[C@]4(C)[C@H]3CC[C@]12C)C(C)C.CC(C)CCC[C@@H](C)[C@H]1CC[C@H]2[C@@H]3CCC4=CC(=O)CC[C@]4(C)[C@H]3CC[C@]12C.CC[C@H](/C=C/[C@@H](C)[C@H]1CC[C@H]2[C@@H]3CC=C4C[C@@H](O)CC[C@]4(C)[C@H]3CC[C@]12C)C(C)C. The Morgan fingerprint density at radius 1 is 0.523 bits per heavy atom. The summed E-state index contributed by atoms with van der Waals surface area (Å²) in [5.41, 5.74) is 9.15. The lowest BCUT2D eigenvalue weighted by atomic mass is 9.46. The zero-order valence-corrected chi connectivity index (χ0v) is 60.6. The van der Waals surface area contributed by atoms with Gasteiger partial charge in [0.2, 0.25) is 0 Å². The van der Waals surface area contributed by atoms with Crippen LogP contribution in [-0.2, 0) is 4.79 Å². The molecule has 0 saturated heterocycles. The van der Waals surface area contributed by atoms with Gasteiger partial charge in [-0.15, -0.1) is 0 Å². The molecule has 3 heteroatoms. The van der Waals surface area contributed by atoms with Gasteiger partial charge in [0, 0.05) is 6.42 Å². The van der Waals surface area contributed by atoms with Gasteiger partial charge < -0.3 is 10.2 Å². The highest BCUT2D eigenvalue weighted by Crippen LogP contribution is 2.71. The van der Waals surface area contributed by atoms with Crippen LogP contribution >= 0.6 is 0 Å². The van der Waals surface area contributed by atoms with E-state index < -0.39 is 0 Å². The van der Waals surface area contributed by atoms with Crippen LogP contribution in [-0.4, -0.2) is 28.2 Å². The van der Waals surface area contributed by atoms with Gasteiger partial charge in [0.25, 0.3) is 0 Å². The molecule has 0 aliphatic heterocycles. The van der Waals surface area contributed by atoms with Gasteiger partial charge in [-0.2, -0.15) is 0 Å². The van der Waals surface area contributed by atoms with E-state index in [1.54, 1.807) is 16.7 Å². The summed E-state index contributed by atoms with van der Waals surface area (Å²) >= 11 is 0. The Bertz CT molecular complexity index is 2540. The first-order valence-corrected chi connectivity index (χ1v) is 39.0. The van der Waals surface area contributed by atoms with Gasteiger partial charge in [0.1, 0.15) is 0 Å². The molecule has 0 heterocycles. The molecule has 9 fully saturated rings. The zero-order valence-electron chi connectivity index (χ0n) is 60.6. The van der Waals surface area contributed by atoms with Crippen LogP contribution in [0.5, 0.6) is 0 Å². The van der Waals surface area contributed by atoms with Crippen LogP contribution in [0.2, 0.25) is 0 Å². The summed E-state index contributed by atoms with van der Waals surface area (Å²) in [4.78, 5) is 12.0. The fourth-order valence-electron chi connectivity index (χ4n) is 26.4. The smallest absolute Gasteiger partial charge is 0.155 e. The summed E-state index contributed by atoms with van der Waals surface area (Å²) in [5.74, 6) is 16.6. The lowest BCUT2D eigenvalue weighted by Gasteiger charge is -2.58. The molecule has 0 aromatic heterocycles. The third-order valence-electron chi connectivity index (χ3n) is 31.8. The van der Waals surface area contributed by atoms with Crippen LogP contribution in [0.1, 0.15) is 310 Å². The molecule has 12 aliphatic rings. The molecule has 0 radical (unpaired) electrons. The van der Waals surface area contributed by atoms with Gasteiger partial charge in [-0.1, -0.05) is 183 Å². The minimum absolute atomic E-state index is 0.0839. The van der Waals surface area contributed by atoms with Gasteiger partial charge in [-0.3, -0.25) is 4.79 Å². The maximum atomic E-state index is 12.0. The van der Waals surface area contributed by atoms with E-state index >= 15 is 0 Å². The molecule has 498 valence electrons. The molecule has 12 rings (SSSR count). The molecular weight excluding hydrogens is 1070 g/mol. The highest BCUT2D eigenvalue weighted by molar-refractivity contribution is 5.91. The van der Waals surface area contributed by atoms with Crippen LogP contribution < -0.4 is 0 Å². The number of carbonyl (C=O) groups excluding carboxylic acids is 1. The van der Waals surface area contributed by atoms with E-state index in [1.165, 1.54) is 160 Å². The number of carbonyl (C=O) groups is 1. The van der Waals surface area contributed by atoms with E-state index in [0.29, 0.717) is 50.1 Å². The molecule has 2 N–H and O–H groups in total. The Hall–Kier alpha value is -1.71. The Kier molecular flexibility index (Phi) is 21.6. The summed E-state index contributed by atoms with van der Waals surface area (Å²) in [6, 6.07) is 0. The van der Waals surface area contributed by atoms with Crippen molar-refractivity contribution in [1.82, 2.24) is 0 Å². The highest BCUT2D eigenvalue weighted by atomic mass is 16.3. The monoisotopic (exact) mass is 1210 g/mol. The average molecular weight is 1210 g/mol. The quantitative estimate of drug-likeness (QED) is 0.161. The normalized spacial score (nSPS) is 44.8. The number of hydrogen-bond acceptors (Lipinski definition) is 3. The Balaban J connectivity index is 0.000000146. The Labute approximate surface area is 544 Å². The highest BCUT2D eigenvalue weighted by Gasteiger charge is 2.63. The van der Waals surface area contributed by atoms with Crippen molar-refractivity contribution in [2.24, 2.45) is 145 Å². The third-order valence-corrected chi connectivity index (χ3v) is 31.8. The van der Waals surface area contributed by atoms with E-state index in [4.69, 9.17) is 0 Å². The second-order valence-electron chi connectivity index (χ2n) is 36.9. The Morgan fingerprint density at radius 2 is 1.00 bits per heavy atom. The maximum Gasteiger partial charge on any atom is 0.155 e. The molecule has 3 nitrogen and oxygen atoms in total. The van der Waals surface area contributed by atoms with Crippen LogP contribution in [0.15, 0.2) is 58.7 Å². The van der Waals surface area contributed by atoms with Crippen molar-refractivity contribution < 1.29 is 15.0 Å². The van der Waals surface area contributed by atoms with Crippen LogP contribution in [0, 0.1) is 145 Å². The lowest BCUT2D eigenvalue weighted by Crippen LogP contribution is -2.50. The third kappa shape index (κ3) is 13.0. The van der Waals surface area contributed by atoms with E-state index in [-0.39, 0.29) is 12.2 Å². The number of aliphatic hydroxyl groups is 2.